The van der Waals surface area contributed by atoms with E-state index in [4.69, 9.17) is 4.74 Å². The molecule has 33 heavy (non-hydrogen) atoms. The topological polar surface area (TPSA) is 75.7 Å². The number of carbonyl (C=O) groups is 3. The molecule has 0 bridgehead atoms. The Bertz CT molecular complexity index is 1090. The summed E-state index contributed by atoms with van der Waals surface area (Å²) < 4.78 is 5.60. The van der Waals surface area contributed by atoms with E-state index in [1.165, 1.54) is 0 Å². The highest BCUT2D eigenvalue weighted by molar-refractivity contribution is 6.08. The third-order valence-electron chi connectivity index (χ3n) is 6.75. The second kappa shape index (κ2) is 8.65. The Morgan fingerprint density at radius 3 is 2.39 bits per heavy atom. The number of rotatable bonds is 7. The van der Waals surface area contributed by atoms with Gasteiger partial charge < -0.3 is 15.0 Å². The van der Waals surface area contributed by atoms with Gasteiger partial charge in [0.15, 0.2) is 12.4 Å². The Morgan fingerprint density at radius 1 is 1.09 bits per heavy atom. The first-order valence-electron chi connectivity index (χ1n) is 11.7. The Morgan fingerprint density at radius 2 is 1.76 bits per heavy atom. The SMILES string of the molecule is CCCNC(=O)COc1ccc(-c2cccc3c2C2N(C3=O)C(C(C)C)C(=O)C2(C)C)cc1. The van der Waals surface area contributed by atoms with Crippen LogP contribution < -0.4 is 10.1 Å². The van der Waals surface area contributed by atoms with Crippen molar-refractivity contribution in [2.24, 2.45) is 11.3 Å². The summed E-state index contributed by atoms with van der Waals surface area (Å²) in [5.74, 6) is 0.573. The van der Waals surface area contributed by atoms with Crippen LogP contribution in [0.25, 0.3) is 11.1 Å². The first kappa shape index (κ1) is 23.0. The second-order valence-electron chi connectivity index (χ2n) is 9.82. The number of ketones is 1. The Labute approximate surface area is 195 Å². The minimum absolute atomic E-state index is 0.0293. The van der Waals surface area contributed by atoms with E-state index in [0.717, 1.165) is 23.1 Å². The minimum Gasteiger partial charge on any atom is -0.484 e. The lowest BCUT2D eigenvalue weighted by molar-refractivity contribution is -0.127. The first-order valence-corrected chi connectivity index (χ1v) is 11.7. The average molecular weight is 449 g/mol. The van der Waals surface area contributed by atoms with Gasteiger partial charge in [0.25, 0.3) is 11.8 Å². The van der Waals surface area contributed by atoms with Crippen molar-refractivity contribution in [2.75, 3.05) is 13.2 Å². The average Bonchev–Trinajstić information content (AvgIpc) is 3.20. The number of nitrogens with one attached hydrogen (secondary N) is 1. The van der Waals surface area contributed by atoms with Crippen LogP contribution >= 0.6 is 0 Å². The van der Waals surface area contributed by atoms with Gasteiger partial charge in [0.2, 0.25) is 0 Å². The van der Waals surface area contributed by atoms with Crippen LogP contribution in [0.3, 0.4) is 0 Å². The maximum absolute atomic E-state index is 13.4. The lowest BCUT2D eigenvalue weighted by atomic mass is 9.76. The predicted molar refractivity (Wildman–Crippen MR) is 127 cm³/mol. The zero-order valence-corrected chi connectivity index (χ0v) is 20.0. The second-order valence-corrected chi connectivity index (χ2v) is 9.82. The maximum Gasteiger partial charge on any atom is 0.257 e. The highest BCUT2D eigenvalue weighted by Gasteiger charge is 2.60. The van der Waals surface area contributed by atoms with E-state index in [-0.39, 0.29) is 36.2 Å². The molecule has 174 valence electrons. The van der Waals surface area contributed by atoms with Crippen LogP contribution in [0.5, 0.6) is 5.75 Å². The normalized spacial score (nSPS) is 20.7. The van der Waals surface area contributed by atoms with Gasteiger partial charge in [0.05, 0.1) is 17.5 Å². The summed E-state index contributed by atoms with van der Waals surface area (Å²) in [6.45, 7) is 10.5. The zero-order chi connectivity index (χ0) is 23.9. The van der Waals surface area contributed by atoms with Crippen LogP contribution in [0, 0.1) is 11.3 Å². The Kier molecular flexibility index (Phi) is 6.04. The molecule has 6 heteroatoms. The molecule has 6 nitrogen and oxygen atoms in total. The van der Waals surface area contributed by atoms with E-state index in [2.05, 4.69) is 5.32 Å². The van der Waals surface area contributed by atoms with Crippen molar-refractivity contribution in [1.29, 1.82) is 0 Å². The van der Waals surface area contributed by atoms with Gasteiger partial charge in [-0.25, -0.2) is 0 Å². The minimum atomic E-state index is -0.666. The highest BCUT2D eigenvalue weighted by Crippen LogP contribution is 2.56. The number of carbonyl (C=O) groups excluding carboxylic acids is 3. The Hall–Kier alpha value is -3.15. The van der Waals surface area contributed by atoms with Gasteiger partial charge in [-0.05, 0) is 47.2 Å². The van der Waals surface area contributed by atoms with Gasteiger partial charge >= 0.3 is 0 Å². The van der Waals surface area contributed by atoms with Gasteiger partial charge in [-0.3, -0.25) is 14.4 Å². The van der Waals surface area contributed by atoms with Gasteiger partial charge in [0, 0.05) is 12.1 Å². The maximum atomic E-state index is 13.4. The standard InChI is InChI=1S/C27H32N2O4/c1-6-14-28-21(30)15-33-18-12-10-17(11-13-18)19-8-7-9-20-22(19)24-27(4,5)25(31)23(16(2)3)29(24)26(20)32/h7-13,16,23-24H,6,14-15H2,1-5H3,(H,28,30). The van der Waals surface area contributed by atoms with E-state index >= 15 is 0 Å². The van der Waals surface area contributed by atoms with E-state index in [1.807, 2.05) is 82.0 Å². The number of hydrogen-bond donors (Lipinski definition) is 1. The molecule has 2 amide bonds. The van der Waals surface area contributed by atoms with E-state index in [9.17, 15) is 14.4 Å². The van der Waals surface area contributed by atoms with Crippen LogP contribution in [-0.2, 0) is 9.59 Å². The third kappa shape index (κ3) is 3.81. The van der Waals surface area contributed by atoms with Crippen molar-refractivity contribution >= 4 is 17.6 Å². The summed E-state index contributed by atoms with van der Waals surface area (Å²) in [4.78, 5) is 40.3. The zero-order valence-electron chi connectivity index (χ0n) is 20.0. The summed E-state index contributed by atoms with van der Waals surface area (Å²) >= 11 is 0. The summed E-state index contributed by atoms with van der Waals surface area (Å²) in [7, 11) is 0. The molecule has 2 aliphatic rings. The van der Waals surface area contributed by atoms with Crippen LogP contribution in [0.2, 0.25) is 0 Å². The molecule has 0 aliphatic carbocycles. The monoisotopic (exact) mass is 448 g/mol. The van der Waals surface area contributed by atoms with Crippen molar-refractivity contribution in [3.8, 4) is 16.9 Å². The van der Waals surface area contributed by atoms with E-state index < -0.39 is 11.5 Å². The largest absolute Gasteiger partial charge is 0.484 e. The number of hydrogen-bond acceptors (Lipinski definition) is 4. The molecule has 2 aromatic carbocycles. The molecule has 1 saturated heterocycles. The molecule has 4 rings (SSSR count). The fraction of sp³-hybridized carbons (Fsp3) is 0.444. The number of Topliss-reactive ketones (excluding diaryl/α,β-unsaturated/α-hetero) is 1. The molecule has 0 aromatic heterocycles. The molecule has 0 spiro atoms. The fourth-order valence-electron chi connectivity index (χ4n) is 5.15. The third-order valence-corrected chi connectivity index (χ3v) is 6.75. The summed E-state index contributed by atoms with van der Waals surface area (Å²) in [5.41, 5.74) is 2.83. The van der Waals surface area contributed by atoms with Crippen LogP contribution in [-0.4, -0.2) is 41.7 Å². The van der Waals surface area contributed by atoms with Crippen LogP contribution in [0.1, 0.15) is 63.0 Å². The van der Waals surface area contributed by atoms with E-state index in [0.29, 0.717) is 17.9 Å². The number of nitrogens with zero attached hydrogens (tertiary/aromatic N) is 1. The summed E-state index contributed by atoms with van der Waals surface area (Å²) in [5, 5.41) is 2.79. The summed E-state index contributed by atoms with van der Waals surface area (Å²) in [6, 6.07) is 12.6. The highest BCUT2D eigenvalue weighted by atomic mass is 16.5. The van der Waals surface area contributed by atoms with Crippen molar-refractivity contribution in [3.05, 3.63) is 53.6 Å². The van der Waals surface area contributed by atoms with Crippen molar-refractivity contribution in [2.45, 2.75) is 53.1 Å². The fourth-order valence-corrected chi connectivity index (χ4v) is 5.15. The van der Waals surface area contributed by atoms with Crippen molar-refractivity contribution < 1.29 is 19.1 Å². The summed E-state index contributed by atoms with van der Waals surface area (Å²) in [6.07, 6.45) is 0.878. The molecular formula is C27H32N2O4. The molecule has 2 unspecified atom stereocenters. The van der Waals surface area contributed by atoms with Gasteiger partial charge in [-0.2, -0.15) is 0 Å². The first-order chi connectivity index (χ1) is 15.7. The number of benzene rings is 2. The molecule has 0 saturated carbocycles. The molecule has 2 atom stereocenters. The lowest BCUT2D eigenvalue weighted by Gasteiger charge is -2.28. The van der Waals surface area contributed by atoms with Crippen molar-refractivity contribution in [3.63, 3.8) is 0 Å². The molecule has 2 aliphatic heterocycles. The van der Waals surface area contributed by atoms with Gasteiger partial charge in [0.1, 0.15) is 5.75 Å². The molecule has 2 aromatic rings. The van der Waals surface area contributed by atoms with E-state index in [1.54, 1.807) is 0 Å². The molecule has 0 radical (unpaired) electrons. The number of amides is 2. The number of ether oxygens (including phenoxy) is 1. The van der Waals surface area contributed by atoms with Crippen LogP contribution in [0.4, 0.5) is 0 Å². The lowest BCUT2D eigenvalue weighted by Crippen LogP contribution is -2.39. The molecular weight excluding hydrogens is 416 g/mol. The smallest absolute Gasteiger partial charge is 0.257 e. The number of fused-ring (bicyclic) bond motifs is 3. The Balaban J connectivity index is 1.65. The predicted octanol–water partition coefficient (Wildman–Crippen LogP) is 4.39. The molecule has 1 fully saturated rings. The van der Waals surface area contributed by atoms with Gasteiger partial charge in [-0.15, -0.1) is 0 Å². The van der Waals surface area contributed by atoms with Gasteiger partial charge in [-0.1, -0.05) is 58.9 Å². The van der Waals surface area contributed by atoms with Crippen molar-refractivity contribution in [1.82, 2.24) is 10.2 Å². The molecule has 1 N–H and O–H groups in total. The molecule has 2 heterocycles. The quantitative estimate of drug-likeness (QED) is 0.682. The van der Waals surface area contributed by atoms with Crippen LogP contribution in [0.15, 0.2) is 42.5 Å².